The van der Waals surface area contributed by atoms with Gasteiger partial charge in [0.15, 0.2) is 5.82 Å². The van der Waals surface area contributed by atoms with Gasteiger partial charge in [0, 0.05) is 22.0 Å². The van der Waals surface area contributed by atoms with Crippen LogP contribution in [0.3, 0.4) is 0 Å². The van der Waals surface area contributed by atoms with E-state index in [1.165, 1.54) is 23.7 Å². The zero-order valence-electron chi connectivity index (χ0n) is 12.2. The molecule has 9 heteroatoms. The van der Waals surface area contributed by atoms with E-state index in [4.69, 9.17) is 0 Å². The number of nitrogens with zero attached hydrogens (tertiary/aromatic N) is 4. The lowest BCUT2D eigenvalue weighted by Crippen LogP contribution is -2.46. The summed E-state index contributed by atoms with van der Waals surface area (Å²) in [6.07, 6.45) is -0.221. The smallest absolute Gasteiger partial charge is 0.384 e. The van der Waals surface area contributed by atoms with Gasteiger partial charge < -0.3 is 5.11 Å². The van der Waals surface area contributed by atoms with E-state index in [-0.39, 0.29) is 12.8 Å². The van der Waals surface area contributed by atoms with Crippen molar-refractivity contribution >= 4 is 21.6 Å². The van der Waals surface area contributed by atoms with E-state index in [0.29, 0.717) is 26.5 Å². The second-order valence-corrected chi connectivity index (χ2v) is 6.90. The fraction of sp³-hybridized carbons (Fsp3) is 0.333. The number of aliphatic hydroxyl groups is 1. The van der Waals surface area contributed by atoms with E-state index in [1.54, 1.807) is 18.3 Å². The van der Waals surface area contributed by atoms with Crippen molar-refractivity contribution in [3.8, 4) is 11.4 Å². The van der Waals surface area contributed by atoms with Crippen LogP contribution in [0.4, 0.5) is 13.2 Å². The predicted octanol–water partition coefficient (Wildman–Crippen LogP) is 3.31. The summed E-state index contributed by atoms with van der Waals surface area (Å²) in [6.45, 7) is 0. The van der Waals surface area contributed by atoms with Gasteiger partial charge in [0.1, 0.15) is 10.4 Å². The van der Waals surface area contributed by atoms with Crippen molar-refractivity contribution < 1.29 is 18.3 Å². The molecule has 0 aliphatic heterocycles. The van der Waals surface area contributed by atoms with Crippen molar-refractivity contribution in [3.05, 3.63) is 35.6 Å². The fourth-order valence-electron chi connectivity index (χ4n) is 2.81. The van der Waals surface area contributed by atoms with E-state index in [9.17, 15) is 18.3 Å². The van der Waals surface area contributed by atoms with Crippen molar-refractivity contribution in [3.63, 3.8) is 0 Å². The molecule has 0 bridgehead atoms. The fourth-order valence-corrected chi connectivity index (χ4v) is 3.92. The normalized spacial score (nSPS) is 24.1. The molecule has 24 heavy (non-hydrogen) atoms. The Bertz CT molecular complexity index is 891. The number of rotatable bonds is 2. The third-order valence-corrected chi connectivity index (χ3v) is 5.44. The van der Waals surface area contributed by atoms with Crippen LogP contribution >= 0.6 is 11.3 Å². The first-order valence-corrected chi connectivity index (χ1v) is 8.00. The molecule has 0 atom stereocenters. The molecule has 0 spiro atoms. The van der Waals surface area contributed by atoms with Gasteiger partial charge in [-0.15, -0.1) is 11.3 Å². The van der Waals surface area contributed by atoms with Crippen LogP contribution < -0.4 is 0 Å². The van der Waals surface area contributed by atoms with Crippen molar-refractivity contribution in [2.75, 3.05) is 0 Å². The molecule has 3 heterocycles. The van der Waals surface area contributed by atoms with Crippen molar-refractivity contribution in [2.45, 2.75) is 24.6 Å². The number of thiophene rings is 1. The number of halogens is 3. The second-order valence-electron chi connectivity index (χ2n) is 5.87. The van der Waals surface area contributed by atoms with E-state index in [0.717, 1.165) is 0 Å². The molecule has 3 aromatic heterocycles. The van der Waals surface area contributed by atoms with E-state index >= 15 is 0 Å². The first-order valence-electron chi connectivity index (χ1n) is 7.18. The second kappa shape index (κ2) is 5.18. The summed E-state index contributed by atoms with van der Waals surface area (Å²) in [7, 11) is 0. The minimum atomic E-state index is -4.26. The molecule has 0 radical (unpaired) electrons. The van der Waals surface area contributed by atoms with Crippen LogP contribution in [0.5, 0.6) is 0 Å². The molecule has 3 aromatic rings. The van der Waals surface area contributed by atoms with Crippen LogP contribution in [0.1, 0.15) is 17.7 Å². The van der Waals surface area contributed by atoms with Gasteiger partial charge >= 0.3 is 6.18 Å². The number of hydrogen-bond donors (Lipinski definition) is 1. The van der Waals surface area contributed by atoms with Crippen LogP contribution in [0.2, 0.25) is 0 Å². The molecule has 1 saturated carbocycles. The first kappa shape index (κ1) is 15.4. The van der Waals surface area contributed by atoms with E-state index < -0.39 is 17.7 Å². The van der Waals surface area contributed by atoms with Crippen LogP contribution in [-0.2, 0) is 5.60 Å². The Morgan fingerprint density at radius 2 is 2.00 bits per heavy atom. The predicted molar refractivity (Wildman–Crippen MR) is 81.1 cm³/mol. The van der Waals surface area contributed by atoms with Gasteiger partial charge in [-0.2, -0.15) is 23.4 Å². The lowest BCUT2D eigenvalue weighted by molar-refractivity contribution is -0.241. The van der Waals surface area contributed by atoms with Crippen LogP contribution in [-0.4, -0.2) is 31.4 Å². The van der Waals surface area contributed by atoms with Crippen molar-refractivity contribution in [1.29, 1.82) is 0 Å². The van der Waals surface area contributed by atoms with Gasteiger partial charge in [0.05, 0.1) is 18.3 Å². The summed E-state index contributed by atoms with van der Waals surface area (Å²) in [5.41, 5.74) is -0.731. The van der Waals surface area contributed by atoms with Gasteiger partial charge in [-0.25, -0.2) is 9.97 Å². The van der Waals surface area contributed by atoms with Crippen molar-refractivity contribution in [1.82, 2.24) is 20.2 Å². The standard InChI is InChI=1S/C15H11F3N4OS/c16-15(17,18)10-4-14(23,5-10)11-3-9-6-19-12(22-13(9)24-11)8-1-2-20-21-7-8/h1-3,6-7,10,23H,4-5H2. The Hall–Kier alpha value is -2.13. The number of hydrogen-bond acceptors (Lipinski definition) is 6. The van der Waals surface area contributed by atoms with Crippen LogP contribution in [0, 0.1) is 5.92 Å². The first-order chi connectivity index (χ1) is 11.4. The highest BCUT2D eigenvalue weighted by atomic mass is 32.1. The maximum absolute atomic E-state index is 12.7. The third-order valence-electron chi connectivity index (χ3n) is 4.21. The minimum Gasteiger partial charge on any atom is -0.384 e. The largest absolute Gasteiger partial charge is 0.392 e. The average Bonchev–Trinajstić information content (AvgIpc) is 2.95. The lowest BCUT2D eigenvalue weighted by atomic mass is 9.70. The number of fused-ring (bicyclic) bond motifs is 1. The van der Waals surface area contributed by atoms with Crippen molar-refractivity contribution in [2.24, 2.45) is 5.92 Å². The van der Waals surface area contributed by atoms with Gasteiger partial charge in [0.25, 0.3) is 0 Å². The summed E-state index contributed by atoms with van der Waals surface area (Å²) in [6, 6.07) is 3.39. The molecule has 0 amide bonds. The Balaban J connectivity index is 1.65. The Morgan fingerprint density at radius 3 is 2.67 bits per heavy atom. The highest BCUT2D eigenvalue weighted by Gasteiger charge is 2.56. The average molecular weight is 352 g/mol. The van der Waals surface area contributed by atoms with Crippen LogP contribution in [0.15, 0.2) is 30.7 Å². The van der Waals surface area contributed by atoms with Gasteiger partial charge in [-0.3, -0.25) is 0 Å². The van der Waals surface area contributed by atoms with Gasteiger partial charge in [-0.05, 0) is 25.0 Å². The van der Waals surface area contributed by atoms with Crippen LogP contribution in [0.25, 0.3) is 21.6 Å². The highest BCUT2D eigenvalue weighted by Crippen LogP contribution is 2.54. The summed E-state index contributed by atoms with van der Waals surface area (Å²) >= 11 is 1.20. The third kappa shape index (κ3) is 2.53. The summed E-state index contributed by atoms with van der Waals surface area (Å²) in [5.74, 6) is -0.989. The summed E-state index contributed by atoms with van der Waals surface area (Å²) < 4.78 is 38.0. The maximum Gasteiger partial charge on any atom is 0.392 e. The molecule has 1 fully saturated rings. The molecule has 5 nitrogen and oxygen atoms in total. The minimum absolute atomic E-state index is 0.308. The molecule has 124 valence electrons. The topological polar surface area (TPSA) is 71.8 Å². The van der Waals surface area contributed by atoms with Gasteiger partial charge in [0.2, 0.25) is 0 Å². The SMILES string of the molecule is OC1(c2cc3cnc(-c4ccnnc4)nc3s2)CC(C(F)(F)F)C1. The molecule has 4 rings (SSSR count). The Kier molecular flexibility index (Phi) is 3.33. The van der Waals surface area contributed by atoms with Gasteiger partial charge in [-0.1, -0.05) is 0 Å². The molecule has 1 aliphatic carbocycles. The number of aromatic nitrogens is 4. The molecule has 0 aromatic carbocycles. The zero-order valence-corrected chi connectivity index (χ0v) is 13.0. The van der Waals surface area contributed by atoms with E-state index in [2.05, 4.69) is 20.2 Å². The molecule has 0 unspecified atom stereocenters. The Morgan fingerprint density at radius 1 is 1.21 bits per heavy atom. The lowest BCUT2D eigenvalue weighted by Gasteiger charge is -2.43. The maximum atomic E-state index is 12.7. The summed E-state index contributed by atoms with van der Waals surface area (Å²) in [4.78, 5) is 9.77. The molecule has 1 N–H and O–H groups in total. The quantitative estimate of drug-likeness (QED) is 0.766. The Labute approximate surface area is 138 Å². The number of alkyl halides is 3. The monoisotopic (exact) mass is 352 g/mol. The molecular weight excluding hydrogens is 341 g/mol. The molecule has 0 saturated heterocycles. The summed E-state index contributed by atoms with van der Waals surface area (Å²) in [5, 5.41) is 18.6. The van der Waals surface area contributed by atoms with E-state index in [1.807, 2.05) is 0 Å². The highest BCUT2D eigenvalue weighted by molar-refractivity contribution is 7.18. The molecule has 1 aliphatic rings. The molecular formula is C15H11F3N4OS. The zero-order chi connectivity index (χ0) is 16.9.